The zero-order valence-corrected chi connectivity index (χ0v) is 6.24. The molecule has 72 valence electrons. The lowest BCUT2D eigenvalue weighted by Crippen LogP contribution is -2.40. The van der Waals surface area contributed by atoms with Crippen LogP contribution in [0.4, 0.5) is 0 Å². The smallest absolute Gasteiger partial charge is 0.184 e. The van der Waals surface area contributed by atoms with E-state index in [1.54, 1.807) is 0 Å². The molecule has 6 heteroatoms. The molecule has 0 bridgehead atoms. The predicted molar refractivity (Wildman–Crippen MR) is 36.0 cm³/mol. The molecular formula is C6H12O6. The van der Waals surface area contributed by atoms with Crippen LogP contribution in [0.3, 0.4) is 0 Å². The molecule has 0 aliphatic carbocycles. The quantitative estimate of drug-likeness (QED) is 0.306. The standard InChI is InChI=1S/C6H12O6/c7-1-2(8)5-3(9)4(10)6(11)12-5/h2-11H,1H2/t2?,3-,4+,5+,6?/m0/s1. The minimum absolute atomic E-state index is 0.596. The molecule has 0 saturated carbocycles. The fourth-order valence-electron chi connectivity index (χ4n) is 1.11. The van der Waals surface area contributed by atoms with Crippen LogP contribution in [0.5, 0.6) is 0 Å². The van der Waals surface area contributed by atoms with E-state index in [1.807, 2.05) is 0 Å². The van der Waals surface area contributed by atoms with Crippen LogP contribution in [0.1, 0.15) is 0 Å². The van der Waals surface area contributed by atoms with E-state index in [2.05, 4.69) is 4.74 Å². The zero-order chi connectivity index (χ0) is 9.30. The Morgan fingerprint density at radius 2 is 1.75 bits per heavy atom. The van der Waals surface area contributed by atoms with Crippen molar-refractivity contribution in [2.45, 2.75) is 30.7 Å². The van der Waals surface area contributed by atoms with E-state index in [0.717, 1.165) is 0 Å². The summed E-state index contributed by atoms with van der Waals surface area (Å²) < 4.78 is 4.58. The lowest BCUT2D eigenvalue weighted by atomic mass is 10.1. The predicted octanol–water partition coefficient (Wildman–Crippen LogP) is -3.22. The fraction of sp³-hybridized carbons (Fsp3) is 1.00. The summed E-state index contributed by atoms with van der Waals surface area (Å²) in [7, 11) is 0. The van der Waals surface area contributed by atoms with Crippen molar-refractivity contribution in [2.75, 3.05) is 6.61 Å². The number of ether oxygens (including phenoxy) is 1. The van der Waals surface area contributed by atoms with Gasteiger partial charge in [0, 0.05) is 0 Å². The van der Waals surface area contributed by atoms with Gasteiger partial charge >= 0.3 is 0 Å². The molecule has 0 spiro atoms. The van der Waals surface area contributed by atoms with Crippen LogP contribution in [0.15, 0.2) is 0 Å². The Balaban J connectivity index is 2.58. The van der Waals surface area contributed by atoms with Crippen LogP contribution in [0, 0.1) is 0 Å². The van der Waals surface area contributed by atoms with Crippen LogP contribution in [0.2, 0.25) is 0 Å². The molecule has 1 rings (SSSR count). The molecule has 1 fully saturated rings. The van der Waals surface area contributed by atoms with E-state index >= 15 is 0 Å². The number of hydrogen-bond acceptors (Lipinski definition) is 6. The molecule has 0 amide bonds. The summed E-state index contributed by atoms with van der Waals surface area (Å²) in [6.07, 6.45) is -6.75. The van der Waals surface area contributed by atoms with E-state index in [9.17, 15) is 0 Å². The first-order valence-corrected chi connectivity index (χ1v) is 3.56. The largest absolute Gasteiger partial charge is 0.394 e. The molecule has 1 aliphatic heterocycles. The molecular weight excluding hydrogens is 168 g/mol. The Morgan fingerprint density at radius 3 is 2.08 bits per heavy atom. The summed E-state index contributed by atoms with van der Waals surface area (Å²) in [5, 5.41) is 44.4. The molecule has 5 N–H and O–H groups in total. The molecule has 0 aromatic rings. The third kappa shape index (κ3) is 1.58. The maximum Gasteiger partial charge on any atom is 0.184 e. The average Bonchev–Trinajstić information content (AvgIpc) is 2.32. The highest BCUT2D eigenvalue weighted by Crippen LogP contribution is 2.21. The van der Waals surface area contributed by atoms with Crippen molar-refractivity contribution in [1.29, 1.82) is 0 Å². The van der Waals surface area contributed by atoms with Gasteiger partial charge in [0.1, 0.15) is 24.4 Å². The first-order valence-electron chi connectivity index (χ1n) is 3.56. The summed E-state index contributed by atoms with van der Waals surface area (Å²) >= 11 is 0. The summed E-state index contributed by atoms with van der Waals surface area (Å²) in [4.78, 5) is 0. The molecule has 0 radical (unpaired) electrons. The second-order valence-corrected chi connectivity index (χ2v) is 2.72. The average molecular weight is 180 g/mol. The van der Waals surface area contributed by atoms with Crippen molar-refractivity contribution in [3.63, 3.8) is 0 Å². The van der Waals surface area contributed by atoms with Crippen LogP contribution in [-0.4, -0.2) is 62.8 Å². The summed E-state index contributed by atoms with van der Waals surface area (Å²) in [5.74, 6) is 0. The second kappa shape index (κ2) is 3.65. The monoisotopic (exact) mass is 180 g/mol. The molecule has 12 heavy (non-hydrogen) atoms. The lowest BCUT2D eigenvalue weighted by molar-refractivity contribution is -0.150. The Hall–Kier alpha value is -0.240. The van der Waals surface area contributed by atoms with Crippen molar-refractivity contribution in [3.05, 3.63) is 0 Å². The number of aliphatic hydroxyl groups is 5. The van der Waals surface area contributed by atoms with Gasteiger partial charge in [0.05, 0.1) is 6.61 Å². The maximum atomic E-state index is 9.12. The van der Waals surface area contributed by atoms with Crippen molar-refractivity contribution in [3.8, 4) is 0 Å². The number of hydrogen-bond donors (Lipinski definition) is 5. The van der Waals surface area contributed by atoms with Gasteiger partial charge in [-0.15, -0.1) is 0 Å². The van der Waals surface area contributed by atoms with E-state index in [1.165, 1.54) is 0 Å². The van der Waals surface area contributed by atoms with Gasteiger partial charge in [-0.2, -0.15) is 0 Å². The van der Waals surface area contributed by atoms with Gasteiger partial charge in [-0.1, -0.05) is 0 Å². The third-order valence-corrected chi connectivity index (χ3v) is 1.84. The Morgan fingerprint density at radius 1 is 1.17 bits per heavy atom. The van der Waals surface area contributed by atoms with Gasteiger partial charge in [0.2, 0.25) is 0 Å². The van der Waals surface area contributed by atoms with Crippen LogP contribution >= 0.6 is 0 Å². The van der Waals surface area contributed by atoms with E-state index in [0.29, 0.717) is 0 Å². The first kappa shape index (κ1) is 9.85. The summed E-state index contributed by atoms with van der Waals surface area (Å²) in [5.41, 5.74) is 0. The first-order chi connectivity index (χ1) is 5.57. The molecule has 6 nitrogen and oxygen atoms in total. The molecule has 5 atom stereocenters. The minimum Gasteiger partial charge on any atom is -0.394 e. The lowest BCUT2D eigenvalue weighted by Gasteiger charge is -2.18. The number of aliphatic hydroxyl groups excluding tert-OH is 5. The molecule has 1 heterocycles. The van der Waals surface area contributed by atoms with Crippen LogP contribution < -0.4 is 0 Å². The maximum absolute atomic E-state index is 9.12. The Labute approximate surface area is 68.6 Å². The van der Waals surface area contributed by atoms with Gasteiger partial charge in [-0.05, 0) is 0 Å². The fourth-order valence-corrected chi connectivity index (χ4v) is 1.11. The highest BCUT2D eigenvalue weighted by molar-refractivity contribution is 4.89. The normalized spacial score (nSPS) is 44.8. The SMILES string of the molecule is OCC(O)[C@H]1OC(O)[C@H](O)[C@@H]1O. The van der Waals surface area contributed by atoms with Crippen LogP contribution in [0.25, 0.3) is 0 Å². The summed E-state index contributed by atoms with van der Waals surface area (Å²) in [6, 6.07) is 0. The Bertz CT molecular complexity index is 151. The highest BCUT2D eigenvalue weighted by atomic mass is 16.6. The van der Waals surface area contributed by atoms with Crippen LogP contribution in [-0.2, 0) is 4.74 Å². The Kier molecular flexibility index (Phi) is 2.99. The van der Waals surface area contributed by atoms with E-state index in [-0.39, 0.29) is 0 Å². The molecule has 0 aromatic heterocycles. The minimum atomic E-state index is -1.51. The molecule has 0 aromatic carbocycles. The van der Waals surface area contributed by atoms with Gasteiger partial charge < -0.3 is 30.3 Å². The van der Waals surface area contributed by atoms with Crippen molar-refractivity contribution in [2.24, 2.45) is 0 Å². The second-order valence-electron chi connectivity index (χ2n) is 2.72. The van der Waals surface area contributed by atoms with Gasteiger partial charge in [-0.3, -0.25) is 0 Å². The zero-order valence-electron chi connectivity index (χ0n) is 6.24. The van der Waals surface area contributed by atoms with Crippen molar-refractivity contribution < 1.29 is 30.3 Å². The molecule has 1 saturated heterocycles. The van der Waals surface area contributed by atoms with Crippen molar-refractivity contribution >= 4 is 0 Å². The molecule has 1 aliphatic rings. The summed E-state index contributed by atoms with van der Waals surface area (Å²) in [6.45, 7) is -0.596. The third-order valence-electron chi connectivity index (χ3n) is 1.84. The van der Waals surface area contributed by atoms with Gasteiger partial charge in [0.15, 0.2) is 6.29 Å². The van der Waals surface area contributed by atoms with Gasteiger partial charge in [0.25, 0.3) is 0 Å². The highest BCUT2D eigenvalue weighted by Gasteiger charge is 2.44. The topological polar surface area (TPSA) is 110 Å². The van der Waals surface area contributed by atoms with E-state index < -0.39 is 37.3 Å². The van der Waals surface area contributed by atoms with E-state index in [4.69, 9.17) is 25.5 Å². The number of rotatable bonds is 2. The molecule has 2 unspecified atom stereocenters. The van der Waals surface area contributed by atoms with Gasteiger partial charge in [-0.25, -0.2) is 0 Å². The van der Waals surface area contributed by atoms with Crippen molar-refractivity contribution in [1.82, 2.24) is 0 Å².